The van der Waals surface area contributed by atoms with Gasteiger partial charge in [0.1, 0.15) is 0 Å². The lowest BCUT2D eigenvalue weighted by Gasteiger charge is -2.22. The summed E-state index contributed by atoms with van der Waals surface area (Å²) in [4.78, 5) is 0. The Bertz CT molecular complexity index is 430. The Kier molecular flexibility index (Phi) is 5.00. The molecule has 1 rings (SSSR count). The van der Waals surface area contributed by atoms with E-state index in [1.165, 1.54) is 0 Å². The number of halogens is 5. The molecule has 0 aliphatic carbocycles. The van der Waals surface area contributed by atoms with E-state index in [1.54, 1.807) is 6.92 Å². The molecule has 1 aromatic carbocycles. The fraction of sp³-hybridized carbons (Fsp3) is 0.455. The van der Waals surface area contributed by atoms with Crippen molar-refractivity contribution in [3.05, 3.63) is 28.5 Å². The fourth-order valence-corrected chi connectivity index (χ4v) is 1.71. The second kappa shape index (κ2) is 5.94. The zero-order valence-corrected chi connectivity index (χ0v) is 10.6. The molecule has 3 N–H and O–H groups in total. The van der Waals surface area contributed by atoms with E-state index in [1.807, 2.05) is 0 Å². The van der Waals surface area contributed by atoms with Crippen LogP contribution >= 0.6 is 11.6 Å². The maximum absolute atomic E-state index is 13.6. The second-order valence-corrected chi connectivity index (χ2v) is 4.17. The van der Waals surface area contributed by atoms with Crippen molar-refractivity contribution in [3.8, 4) is 5.75 Å². The minimum absolute atomic E-state index is 0.146. The van der Waals surface area contributed by atoms with E-state index in [4.69, 9.17) is 27.2 Å². The highest BCUT2D eigenvalue weighted by Crippen LogP contribution is 2.34. The Morgan fingerprint density at radius 3 is 2.42 bits per heavy atom. The molecule has 0 saturated carbocycles. The quantitative estimate of drug-likeness (QED) is 0.841. The minimum atomic E-state index is -4.90. The van der Waals surface area contributed by atoms with Crippen molar-refractivity contribution in [1.29, 1.82) is 0 Å². The van der Waals surface area contributed by atoms with Gasteiger partial charge >= 0.3 is 6.18 Å². The largest absolute Gasteiger partial charge is 0.489 e. The summed E-state index contributed by atoms with van der Waals surface area (Å²) < 4.78 is 55.4. The van der Waals surface area contributed by atoms with Gasteiger partial charge in [-0.25, -0.2) is 4.39 Å². The summed E-state index contributed by atoms with van der Waals surface area (Å²) in [6.45, 7) is 1.75. The lowest BCUT2D eigenvalue weighted by atomic mass is 10.0. The third kappa shape index (κ3) is 3.71. The summed E-state index contributed by atoms with van der Waals surface area (Å²) in [5.74, 6) is -1.20. The van der Waals surface area contributed by atoms with Gasteiger partial charge in [0, 0.05) is 0 Å². The van der Waals surface area contributed by atoms with Crippen molar-refractivity contribution < 1.29 is 27.4 Å². The Balaban J connectivity index is 3.09. The standard InChI is InChI=1S/C11H12ClF4NO2/c1-2-19-9-6(12)3-5(4-7(9)13)8(17)10(18)11(14,15)16/h3-4,8,10,18H,2,17H2,1H3/t8-,10-/m1/s1. The minimum Gasteiger partial charge on any atom is -0.489 e. The van der Waals surface area contributed by atoms with Crippen LogP contribution in [0, 0.1) is 5.82 Å². The predicted octanol–water partition coefficient (Wildman–Crippen LogP) is 2.80. The van der Waals surface area contributed by atoms with Gasteiger partial charge in [0.25, 0.3) is 0 Å². The van der Waals surface area contributed by atoms with E-state index in [0.29, 0.717) is 0 Å². The molecular weight excluding hydrogens is 290 g/mol. The summed E-state index contributed by atoms with van der Waals surface area (Å²) in [5, 5.41) is 8.81. The molecule has 2 atom stereocenters. The molecule has 0 amide bonds. The first-order chi connectivity index (χ1) is 8.68. The molecule has 0 fully saturated rings. The first kappa shape index (κ1) is 16.0. The molecule has 19 heavy (non-hydrogen) atoms. The van der Waals surface area contributed by atoms with Gasteiger partial charge in [-0.15, -0.1) is 0 Å². The molecule has 0 bridgehead atoms. The van der Waals surface area contributed by atoms with Crippen LogP contribution in [0.5, 0.6) is 5.75 Å². The lowest BCUT2D eigenvalue weighted by Crippen LogP contribution is -2.38. The van der Waals surface area contributed by atoms with Crippen LogP contribution in [-0.2, 0) is 0 Å². The van der Waals surface area contributed by atoms with Crippen molar-refractivity contribution in [2.75, 3.05) is 6.61 Å². The summed E-state index contributed by atoms with van der Waals surface area (Å²) >= 11 is 5.69. The number of aliphatic hydroxyl groups is 1. The van der Waals surface area contributed by atoms with Crippen molar-refractivity contribution in [2.45, 2.75) is 25.2 Å². The average Bonchev–Trinajstić information content (AvgIpc) is 2.30. The van der Waals surface area contributed by atoms with Gasteiger partial charge in [-0.2, -0.15) is 13.2 Å². The molecular formula is C11H12ClF4NO2. The number of rotatable bonds is 4. The number of hydrogen-bond acceptors (Lipinski definition) is 3. The molecule has 0 radical (unpaired) electrons. The van der Waals surface area contributed by atoms with Crippen molar-refractivity contribution in [3.63, 3.8) is 0 Å². The van der Waals surface area contributed by atoms with Crippen molar-refractivity contribution in [2.24, 2.45) is 5.73 Å². The molecule has 3 nitrogen and oxygen atoms in total. The SMILES string of the molecule is CCOc1c(F)cc([C@@H](N)[C@@H](O)C(F)(F)F)cc1Cl. The van der Waals surface area contributed by atoms with Gasteiger partial charge in [0.05, 0.1) is 17.7 Å². The average molecular weight is 302 g/mol. The van der Waals surface area contributed by atoms with Gasteiger partial charge in [-0.1, -0.05) is 11.6 Å². The predicted molar refractivity (Wildman–Crippen MR) is 61.6 cm³/mol. The highest BCUT2D eigenvalue weighted by molar-refractivity contribution is 6.32. The molecule has 0 aliphatic heterocycles. The summed E-state index contributed by atoms with van der Waals surface area (Å²) in [7, 11) is 0. The number of ether oxygens (including phenoxy) is 1. The maximum atomic E-state index is 13.6. The van der Waals surface area contributed by atoms with Gasteiger partial charge in [0.2, 0.25) is 0 Å². The van der Waals surface area contributed by atoms with Crippen LogP contribution in [0.25, 0.3) is 0 Å². The molecule has 0 aliphatic rings. The zero-order valence-electron chi connectivity index (χ0n) is 9.84. The Hall–Kier alpha value is -1.05. The van der Waals surface area contributed by atoms with E-state index in [9.17, 15) is 17.6 Å². The molecule has 1 aromatic rings. The smallest absolute Gasteiger partial charge is 0.416 e. The maximum Gasteiger partial charge on any atom is 0.416 e. The number of hydrogen-bond donors (Lipinski definition) is 2. The van der Waals surface area contributed by atoms with Gasteiger partial charge in [0.15, 0.2) is 17.7 Å². The molecule has 8 heteroatoms. The van der Waals surface area contributed by atoms with Crippen LogP contribution in [0.1, 0.15) is 18.5 Å². The Morgan fingerprint density at radius 1 is 1.42 bits per heavy atom. The van der Waals surface area contributed by atoms with E-state index in [0.717, 1.165) is 12.1 Å². The van der Waals surface area contributed by atoms with Gasteiger partial charge < -0.3 is 15.6 Å². The van der Waals surface area contributed by atoms with Gasteiger partial charge in [-0.3, -0.25) is 0 Å². The highest BCUT2D eigenvalue weighted by Gasteiger charge is 2.43. The van der Waals surface area contributed by atoms with Crippen LogP contribution in [-0.4, -0.2) is 24.0 Å². The topological polar surface area (TPSA) is 55.5 Å². The third-order valence-electron chi connectivity index (χ3n) is 2.37. The first-order valence-electron chi connectivity index (χ1n) is 5.30. The van der Waals surface area contributed by atoms with Gasteiger partial charge in [-0.05, 0) is 24.6 Å². The van der Waals surface area contributed by atoms with Crippen LogP contribution in [0.3, 0.4) is 0 Å². The third-order valence-corrected chi connectivity index (χ3v) is 2.65. The van der Waals surface area contributed by atoms with Crippen LogP contribution in [0.15, 0.2) is 12.1 Å². The number of aliphatic hydroxyl groups excluding tert-OH is 1. The number of alkyl halides is 3. The van der Waals surface area contributed by atoms with Crippen LogP contribution in [0.4, 0.5) is 17.6 Å². The second-order valence-electron chi connectivity index (χ2n) is 3.76. The van der Waals surface area contributed by atoms with E-state index < -0.39 is 24.1 Å². The van der Waals surface area contributed by atoms with Crippen LogP contribution < -0.4 is 10.5 Å². The summed E-state index contributed by atoms with van der Waals surface area (Å²) in [5.41, 5.74) is 4.98. The molecule has 0 unspecified atom stereocenters. The lowest BCUT2D eigenvalue weighted by molar-refractivity contribution is -0.210. The van der Waals surface area contributed by atoms with E-state index >= 15 is 0 Å². The fourth-order valence-electron chi connectivity index (χ4n) is 1.44. The number of benzene rings is 1. The number of nitrogens with two attached hydrogens (primary N) is 1. The summed E-state index contributed by atoms with van der Waals surface area (Å²) in [6, 6.07) is -0.0335. The Morgan fingerprint density at radius 2 is 2.00 bits per heavy atom. The highest BCUT2D eigenvalue weighted by atomic mass is 35.5. The Labute approximate surface area is 111 Å². The molecule has 0 heterocycles. The van der Waals surface area contributed by atoms with Crippen molar-refractivity contribution >= 4 is 11.6 Å². The zero-order chi connectivity index (χ0) is 14.8. The first-order valence-corrected chi connectivity index (χ1v) is 5.68. The van der Waals surface area contributed by atoms with Crippen molar-refractivity contribution in [1.82, 2.24) is 0 Å². The summed E-state index contributed by atoms with van der Waals surface area (Å²) in [6.07, 6.45) is -7.71. The monoisotopic (exact) mass is 301 g/mol. The van der Waals surface area contributed by atoms with Crippen LogP contribution in [0.2, 0.25) is 5.02 Å². The molecule has 0 saturated heterocycles. The van der Waals surface area contributed by atoms with E-state index in [-0.39, 0.29) is 22.9 Å². The normalized spacial score (nSPS) is 15.2. The molecule has 108 valence electrons. The molecule has 0 aromatic heterocycles. The molecule has 0 spiro atoms. The van der Waals surface area contributed by atoms with E-state index in [2.05, 4.69) is 0 Å².